The van der Waals surface area contributed by atoms with E-state index >= 15 is 0 Å². The van der Waals surface area contributed by atoms with Gasteiger partial charge >= 0.3 is 0 Å². The molecule has 1 atom stereocenters. The van der Waals surface area contributed by atoms with E-state index in [9.17, 15) is 10.1 Å². The Morgan fingerprint density at radius 3 is 3.00 bits per heavy atom. The number of aryl methyl sites for hydroxylation is 3. The van der Waals surface area contributed by atoms with E-state index in [0.29, 0.717) is 17.9 Å². The average Bonchev–Trinajstić information content (AvgIpc) is 3.15. The van der Waals surface area contributed by atoms with Crippen molar-refractivity contribution in [3.8, 4) is 6.07 Å². The molecule has 1 unspecified atom stereocenters. The molecule has 4 rings (SSSR count). The molecule has 7 nitrogen and oxygen atoms in total. The van der Waals surface area contributed by atoms with Crippen molar-refractivity contribution in [2.24, 2.45) is 7.05 Å². The van der Waals surface area contributed by atoms with Gasteiger partial charge < -0.3 is 10.2 Å². The van der Waals surface area contributed by atoms with Crippen molar-refractivity contribution in [1.29, 1.82) is 5.26 Å². The predicted molar refractivity (Wildman–Crippen MR) is 104 cm³/mol. The van der Waals surface area contributed by atoms with Gasteiger partial charge in [0.05, 0.1) is 5.56 Å². The van der Waals surface area contributed by atoms with Crippen molar-refractivity contribution >= 4 is 11.6 Å². The van der Waals surface area contributed by atoms with Crippen molar-refractivity contribution < 1.29 is 0 Å². The Kier molecular flexibility index (Phi) is 4.80. The monoisotopic (exact) mass is 364 g/mol. The average molecular weight is 364 g/mol. The number of fused-ring (bicyclic) bond motifs is 1. The highest BCUT2D eigenvalue weighted by Gasteiger charge is 2.25. The molecule has 0 spiro atoms. The first-order chi connectivity index (χ1) is 13.2. The Hall–Kier alpha value is -2.88. The number of pyridine rings is 1. The lowest BCUT2D eigenvalue weighted by Gasteiger charge is -2.36. The van der Waals surface area contributed by atoms with Gasteiger partial charge in [0.2, 0.25) is 0 Å². The van der Waals surface area contributed by atoms with Gasteiger partial charge in [0.1, 0.15) is 17.7 Å². The Labute approximate surface area is 158 Å². The summed E-state index contributed by atoms with van der Waals surface area (Å²) in [6.07, 6.45) is 6.45. The first-order valence-electron chi connectivity index (χ1n) is 9.63. The number of nitrogens with one attached hydrogen (secondary N) is 1. The molecule has 0 bridgehead atoms. The van der Waals surface area contributed by atoms with Crippen LogP contribution in [0.2, 0.25) is 0 Å². The van der Waals surface area contributed by atoms with Crippen LogP contribution < -0.4 is 15.8 Å². The molecule has 2 aliphatic rings. The number of piperidine rings is 1. The van der Waals surface area contributed by atoms with Crippen LogP contribution in [0.4, 0.5) is 11.6 Å². The Morgan fingerprint density at radius 2 is 2.19 bits per heavy atom. The summed E-state index contributed by atoms with van der Waals surface area (Å²) in [5.74, 6) is 1.52. The highest BCUT2D eigenvalue weighted by atomic mass is 16.1. The van der Waals surface area contributed by atoms with Crippen molar-refractivity contribution in [3.05, 3.63) is 45.4 Å². The molecule has 3 heterocycles. The van der Waals surface area contributed by atoms with Gasteiger partial charge in [0, 0.05) is 37.9 Å². The maximum atomic E-state index is 11.6. The van der Waals surface area contributed by atoms with Gasteiger partial charge in [-0.15, -0.1) is 0 Å². The summed E-state index contributed by atoms with van der Waals surface area (Å²) < 4.78 is 1.38. The third-order valence-corrected chi connectivity index (χ3v) is 5.54. The smallest absolute Gasteiger partial charge is 0.266 e. The summed E-state index contributed by atoms with van der Waals surface area (Å²) in [5.41, 5.74) is 2.85. The van der Waals surface area contributed by atoms with Crippen LogP contribution in [0.15, 0.2) is 23.0 Å². The fourth-order valence-corrected chi connectivity index (χ4v) is 4.06. The third kappa shape index (κ3) is 3.52. The minimum atomic E-state index is -0.105. The number of aromatic nitrogens is 3. The molecule has 2 aromatic heterocycles. The quantitative estimate of drug-likeness (QED) is 0.893. The van der Waals surface area contributed by atoms with Crippen LogP contribution in [-0.4, -0.2) is 33.9 Å². The second kappa shape index (κ2) is 7.39. The summed E-state index contributed by atoms with van der Waals surface area (Å²) in [6.45, 7) is 1.62. The van der Waals surface area contributed by atoms with Gasteiger partial charge in [-0.2, -0.15) is 10.4 Å². The molecule has 1 aliphatic heterocycles. The summed E-state index contributed by atoms with van der Waals surface area (Å²) in [6, 6.07) is 7.89. The first kappa shape index (κ1) is 17.5. The molecule has 1 saturated heterocycles. The molecule has 27 heavy (non-hydrogen) atoms. The minimum Gasteiger partial charge on any atom is -0.367 e. The largest absolute Gasteiger partial charge is 0.367 e. The van der Waals surface area contributed by atoms with E-state index in [1.807, 2.05) is 6.07 Å². The van der Waals surface area contributed by atoms with Crippen LogP contribution in [0.1, 0.15) is 42.5 Å². The third-order valence-electron chi connectivity index (χ3n) is 5.54. The summed E-state index contributed by atoms with van der Waals surface area (Å²) in [4.78, 5) is 18.6. The van der Waals surface area contributed by atoms with Crippen molar-refractivity contribution in [1.82, 2.24) is 14.8 Å². The van der Waals surface area contributed by atoms with Gasteiger partial charge in [-0.05, 0) is 56.2 Å². The topological polar surface area (TPSA) is 86.8 Å². The molecule has 7 heteroatoms. The van der Waals surface area contributed by atoms with Gasteiger partial charge in [-0.1, -0.05) is 0 Å². The van der Waals surface area contributed by atoms with E-state index in [4.69, 9.17) is 4.98 Å². The van der Waals surface area contributed by atoms with Crippen molar-refractivity contribution in [2.45, 2.75) is 44.6 Å². The standard InChI is InChI=1S/C20H24N6O/c1-25-19(27)9-8-18(24-25)26-10-3-2-6-16(26)13-22-20-15(12-21)11-14-5-4-7-17(14)23-20/h8-9,11,16H,2-7,10,13H2,1H3,(H,22,23). The van der Waals surface area contributed by atoms with E-state index in [0.717, 1.165) is 56.6 Å². The molecule has 0 amide bonds. The minimum absolute atomic E-state index is 0.105. The number of nitrogens with zero attached hydrogens (tertiary/aromatic N) is 5. The van der Waals surface area contributed by atoms with Crippen LogP contribution in [0.3, 0.4) is 0 Å². The lowest BCUT2D eigenvalue weighted by molar-refractivity contribution is 0.464. The number of hydrogen-bond donors (Lipinski definition) is 1. The van der Waals surface area contributed by atoms with E-state index in [2.05, 4.69) is 21.4 Å². The van der Waals surface area contributed by atoms with Crippen LogP contribution >= 0.6 is 0 Å². The lowest BCUT2D eigenvalue weighted by atomic mass is 10.0. The molecule has 1 aliphatic carbocycles. The maximum absolute atomic E-state index is 11.6. The molecule has 0 saturated carbocycles. The number of anilines is 2. The zero-order valence-electron chi connectivity index (χ0n) is 15.6. The van der Waals surface area contributed by atoms with E-state index < -0.39 is 0 Å². The number of nitriles is 1. The zero-order chi connectivity index (χ0) is 18.8. The van der Waals surface area contributed by atoms with E-state index in [1.165, 1.54) is 10.2 Å². The van der Waals surface area contributed by atoms with Gasteiger partial charge in [0.25, 0.3) is 5.56 Å². The van der Waals surface area contributed by atoms with E-state index in [-0.39, 0.29) is 11.6 Å². The second-order valence-electron chi connectivity index (χ2n) is 7.33. The van der Waals surface area contributed by atoms with Crippen LogP contribution in [0.5, 0.6) is 0 Å². The van der Waals surface area contributed by atoms with Gasteiger partial charge in [-0.25, -0.2) is 9.67 Å². The Balaban J connectivity index is 1.53. The van der Waals surface area contributed by atoms with Crippen LogP contribution in [-0.2, 0) is 19.9 Å². The highest BCUT2D eigenvalue weighted by molar-refractivity contribution is 5.55. The van der Waals surface area contributed by atoms with Crippen LogP contribution in [0, 0.1) is 11.3 Å². The second-order valence-corrected chi connectivity index (χ2v) is 7.33. The molecule has 0 radical (unpaired) electrons. The Bertz CT molecular complexity index is 944. The fraction of sp³-hybridized carbons (Fsp3) is 0.500. The molecule has 1 fully saturated rings. The summed E-state index contributed by atoms with van der Waals surface area (Å²) in [5, 5.41) is 17.3. The maximum Gasteiger partial charge on any atom is 0.266 e. The normalized spacial score (nSPS) is 18.8. The van der Waals surface area contributed by atoms with Crippen molar-refractivity contribution in [3.63, 3.8) is 0 Å². The lowest BCUT2D eigenvalue weighted by Crippen LogP contribution is -2.45. The van der Waals surface area contributed by atoms with E-state index in [1.54, 1.807) is 19.2 Å². The number of hydrogen-bond acceptors (Lipinski definition) is 6. The molecule has 2 aromatic rings. The molecule has 0 aromatic carbocycles. The SMILES string of the molecule is Cn1nc(N2CCCCC2CNc2nc3c(cc2C#N)CCC3)ccc1=O. The molecular formula is C20H24N6O. The highest BCUT2D eigenvalue weighted by Crippen LogP contribution is 2.26. The Morgan fingerprint density at radius 1 is 1.30 bits per heavy atom. The molecule has 1 N–H and O–H groups in total. The fourth-order valence-electron chi connectivity index (χ4n) is 4.06. The molecule has 140 valence electrons. The predicted octanol–water partition coefficient (Wildman–Crippen LogP) is 2.01. The van der Waals surface area contributed by atoms with Crippen LogP contribution in [0.25, 0.3) is 0 Å². The summed E-state index contributed by atoms with van der Waals surface area (Å²) >= 11 is 0. The van der Waals surface area contributed by atoms with Gasteiger partial charge in [0.15, 0.2) is 0 Å². The van der Waals surface area contributed by atoms with Gasteiger partial charge in [-0.3, -0.25) is 4.79 Å². The first-order valence-corrected chi connectivity index (χ1v) is 9.63. The van der Waals surface area contributed by atoms with Crippen molar-refractivity contribution in [2.75, 3.05) is 23.3 Å². The zero-order valence-corrected chi connectivity index (χ0v) is 15.6. The summed E-state index contributed by atoms with van der Waals surface area (Å²) in [7, 11) is 1.68. The number of rotatable bonds is 4. The molecular weight excluding hydrogens is 340 g/mol.